The topological polar surface area (TPSA) is 75.0 Å². The lowest BCUT2D eigenvalue weighted by Crippen LogP contribution is -2.27. The van der Waals surface area contributed by atoms with Crippen molar-refractivity contribution < 1.29 is 4.79 Å². The highest BCUT2D eigenvalue weighted by molar-refractivity contribution is 6.35. The Morgan fingerprint density at radius 2 is 2.16 bits per heavy atom. The molecule has 1 amide bonds. The molecule has 0 radical (unpaired) electrons. The zero-order chi connectivity index (χ0) is 18.0. The molecule has 25 heavy (non-hydrogen) atoms. The summed E-state index contributed by atoms with van der Waals surface area (Å²) in [6.45, 7) is 1.99. The van der Waals surface area contributed by atoms with Gasteiger partial charge in [0.15, 0.2) is 0 Å². The van der Waals surface area contributed by atoms with Crippen LogP contribution in [0.4, 0.5) is 5.82 Å². The molecule has 5 nitrogen and oxygen atoms in total. The number of nitrogens with one attached hydrogen (secondary N) is 1. The van der Waals surface area contributed by atoms with Gasteiger partial charge < -0.3 is 15.6 Å². The maximum absolute atomic E-state index is 12.5. The van der Waals surface area contributed by atoms with E-state index in [2.05, 4.69) is 9.97 Å². The SMILES string of the molecule is CC(c1c[nH]c2c(Cl)cccc12)N(C)C(=O)C=Cc1ccc(N)nc1. The van der Waals surface area contributed by atoms with Crippen LogP contribution in [0.1, 0.15) is 24.1 Å². The first-order valence-corrected chi connectivity index (χ1v) is 8.27. The number of hydrogen-bond acceptors (Lipinski definition) is 3. The van der Waals surface area contributed by atoms with Crippen LogP contribution < -0.4 is 5.73 Å². The lowest BCUT2D eigenvalue weighted by atomic mass is 10.1. The lowest BCUT2D eigenvalue weighted by molar-refractivity contribution is -0.126. The number of aromatic amines is 1. The van der Waals surface area contributed by atoms with E-state index < -0.39 is 0 Å². The third-order valence-electron chi connectivity index (χ3n) is 4.30. The summed E-state index contributed by atoms with van der Waals surface area (Å²) in [5.41, 5.74) is 8.29. The maximum Gasteiger partial charge on any atom is 0.246 e. The second-order valence-electron chi connectivity index (χ2n) is 5.88. The summed E-state index contributed by atoms with van der Waals surface area (Å²) >= 11 is 6.21. The second kappa shape index (κ2) is 6.99. The molecule has 0 spiro atoms. The van der Waals surface area contributed by atoms with Gasteiger partial charge in [-0.25, -0.2) is 4.98 Å². The van der Waals surface area contributed by atoms with E-state index in [4.69, 9.17) is 17.3 Å². The van der Waals surface area contributed by atoms with Gasteiger partial charge in [-0.1, -0.05) is 23.7 Å². The normalized spacial score (nSPS) is 12.6. The number of hydrogen-bond donors (Lipinski definition) is 2. The van der Waals surface area contributed by atoms with Crippen LogP contribution in [0.2, 0.25) is 5.02 Å². The Morgan fingerprint density at radius 1 is 1.36 bits per heavy atom. The summed E-state index contributed by atoms with van der Waals surface area (Å²) in [5, 5.41) is 1.69. The van der Waals surface area contributed by atoms with Gasteiger partial charge in [-0.2, -0.15) is 0 Å². The molecular formula is C19H19ClN4O. The molecule has 0 aliphatic rings. The van der Waals surface area contributed by atoms with Gasteiger partial charge in [0.1, 0.15) is 5.82 Å². The Bertz CT molecular complexity index is 930. The zero-order valence-electron chi connectivity index (χ0n) is 14.0. The van der Waals surface area contributed by atoms with Gasteiger partial charge in [0, 0.05) is 30.9 Å². The van der Waals surface area contributed by atoms with Gasteiger partial charge >= 0.3 is 0 Å². The Labute approximate surface area is 151 Å². The minimum absolute atomic E-state index is 0.0966. The summed E-state index contributed by atoms with van der Waals surface area (Å²) in [4.78, 5) is 21.4. The first-order chi connectivity index (χ1) is 12.0. The fourth-order valence-corrected chi connectivity index (χ4v) is 2.91. The van der Waals surface area contributed by atoms with Crippen LogP contribution in [0.25, 0.3) is 17.0 Å². The van der Waals surface area contributed by atoms with Gasteiger partial charge in [0.05, 0.1) is 16.6 Å². The third-order valence-corrected chi connectivity index (χ3v) is 4.62. The number of likely N-dealkylation sites (N-methyl/N-ethyl adjacent to an activating group) is 1. The van der Waals surface area contributed by atoms with E-state index in [-0.39, 0.29) is 11.9 Å². The van der Waals surface area contributed by atoms with Crippen LogP contribution in [-0.4, -0.2) is 27.8 Å². The van der Waals surface area contributed by atoms with Crippen molar-refractivity contribution in [3.8, 4) is 0 Å². The van der Waals surface area contributed by atoms with Crippen molar-refractivity contribution in [1.29, 1.82) is 0 Å². The number of H-pyrrole nitrogens is 1. The number of amides is 1. The molecule has 128 valence electrons. The number of halogens is 1. The molecule has 2 aromatic heterocycles. The molecule has 1 aromatic carbocycles. The van der Waals surface area contributed by atoms with Crippen molar-refractivity contribution >= 4 is 40.3 Å². The van der Waals surface area contributed by atoms with Crippen LogP contribution in [0, 0.1) is 0 Å². The number of carbonyl (C=O) groups is 1. The summed E-state index contributed by atoms with van der Waals surface area (Å²) in [7, 11) is 1.78. The Morgan fingerprint density at radius 3 is 2.88 bits per heavy atom. The lowest BCUT2D eigenvalue weighted by Gasteiger charge is -2.23. The first-order valence-electron chi connectivity index (χ1n) is 7.89. The summed E-state index contributed by atoms with van der Waals surface area (Å²) < 4.78 is 0. The third kappa shape index (κ3) is 3.51. The average molecular weight is 355 g/mol. The number of fused-ring (bicyclic) bond motifs is 1. The molecule has 0 bridgehead atoms. The van der Waals surface area contributed by atoms with E-state index in [1.54, 1.807) is 30.3 Å². The van der Waals surface area contributed by atoms with Gasteiger partial charge in [0.25, 0.3) is 0 Å². The molecule has 6 heteroatoms. The number of anilines is 1. The van der Waals surface area contributed by atoms with E-state index in [1.807, 2.05) is 37.4 Å². The number of pyridine rings is 1. The minimum atomic E-state index is -0.103. The second-order valence-corrected chi connectivity index (χ2v) is 6.29. The van der Waals surface area contributed by atoms with Crippen molar-refractivity contribution in [3.05, 3.63) is 65.0 Å². The molecule has 0 saturated heterocycles. The highest BCUT2D eigenvalue weighted by Gasteiger charge is 2.19. The van der Waals surface area contributed by atoms with E-state index in [0.29, 0.717) is 10.8 Å². The number of carbonyl (C=O) groups excluding carboxylic acids is 1. The summed E-state index contributed by atoms with van der Waals surface area (Å²) in [6, 6.07) is 9.16. The number of nitrogen functional groups attached to an aromatic ring is 1. The van der Waals surface area contributed by atoms with Crippen LogP contribution in [0.15, 0.2) is 48.8 Å². The highest BCUT2D eigenvalue weighted by atomic mass is 35.5. The molecule has 3 N–H and O–H groups in total. The van der Waals surface area contributed by atoms with Crippen molar-refractivity contribution in [1.82, 2.24) is 14.9 Å². The Balaban J connectivity index is 1.79. The molecule has 0 aliphatic heterocycles. The highest BCUT2D eigenvalue weighted by Crippen LogP contribution is 2.31. The monoisotopic (exact) mass is 354 g/mol. The predicted molar refractivity (Wildman–Crippen MR) is 102 cm³/mol. The van der Waals surface area contributed by atoms with Crippen LogP contribution >= 0.6 is 11.6 Å². The number of aromatic nitrogens is 2. The molecule has 1 unspecified atom stereocenters. The van der Waals surface area contributed by atoms with Gasteiger partial charge in [-0.15, -0.1) is 0 Å². The predicted octanol–water partition coefficient (Wildman–Crippen LogP) is 4.03. The van der Waals surface area contributed by atoms with E-state index in [0.717, 1.165) is 22.0 Å². The van der Waals surface area contributed by atoms with E-state index in [9.17, 15) is 4.79 Å². The molecule has 0 aliphatic carbocycles. The molecule has 0 saturated carbocycles. The smallest absolute Gasteiger partial charge is 0.246 e. The molecule has 1 atom stereocenters. The van der Waals surface area contributed by atoms with Crippen LogP contribution in [0.3, 0.4) is 0 Å². The quantitative estimate of drug-likeness (QED) is 0.694. The van der Waals surface area contributed by atoms with Crippen LogP contribution in [-0.2, 0) is 4.79 Å². The Kier molecular flexibility index (Phi) is 4.76. The number of nitrogens with two attached hydrogens (primary N) is 1. The minimum Gasteiger partial charge on any atom is -0.384 e. The number of benzene rings is 1. The zero-order valence-corrected chi connectivity index (χ0v) is 14.8. The summed E-state index contributed by atoms with van der Waals surface area (Å²) in [6.07, 6.45) is 6.79. The molecule has 3 rings (SSSR count). The summed E-state index contributed by atoms with van der Waals surface area (Å²) in [5.74, 6) is 0.355. The van der Waals surface area contributed by atoms with E-state index in [1.165, 1.54) is 6.08 Å². The van der Waals surface area contributed by atoms with Gasteiger partial charge in [-0.05, 0) is 42.3 Å². The van der Waals surface area contributed by atoms with Crippen molar-refractivity contribution in [2.75, 3.05) is 12.8 Å². The fraction of sp³-hybridized carbons (Fsp3) is 0.158. The molecule has 0 fully saturated rings. The van der Waals surface area contributed by atoms with Crippen molar-refractivity contribution in [3.63, 3.8) is 0 Å². The Hall–Kier alpha value is -2.79. The van der Waals surface area contributed by atoms with Crippen molar-refractivity contribution in [2.24, 2.45) is 0 Å². The van der Waals surface area contributed by atoms with Crippen LogP contribution in [0.5, 0.6) is 0 Å². The van der Waals surface area contributed by atoms with Gasteiger partial charge in [0.2, 0.25) is 5.91 Å². The first kappa shape index (κ1) is 17.0. The molecule has 3 aromatic rings. The maximum atomic E-state index is 12.5. The van der Waals surface area contributed by atoms with Gasteiger partial charge in [-0.3, -0.25) is 4.79 Å². The molecular weight excluding hydrogens is 336 g/mol. The average Bonchev–Trinajstić information content (AvgIpc) is 3.05. The standard InChI is InChI=1S/C19H19ClN4O/c1-12(15-11-23-19-14(15)4-3-5-16(19)20)24(2)18(25)9-7-13-6-8-17(21)22-10-13/h3-12,23H,1-2H3,(H2,21,22). The number of nitrogens with zero attached hydrogens (tertiary/aromatic N) is 2. The fourth-order valence-electron chi connectivity index (χ4n) is 2.68. The number of para-hydroxylation sites is 1. The number of rotatable bonds is 4. The molecule has 2 heterocycles. The largest absolute Gasteiger partial charge is 0.384 e. The van der Waals surface area contributed by atoms with E-state index >= 15 is 0 Å². The van der Waals surface area contributed by atoms with Crippen molar-refractivity contribution in [2.45, 2.75) is 13.0 Å².